The number of unbranched alkanes of at least 4 members (excludes halogenated alkanes) is 34. The van der Waals surface area contributed by atoms with Crippen molar-refractivity contribution in [3.05, 3.63) is 0 Å². The van der Waals surface area contributed by atoms with Crippen LogP contribution in [-0.4, -0.2) is 38.9 Å². The van der Waals surface area contributed by atoms with Crippen molar-refractivity contribution in [2.45, 2.75) is 276 Å². The molecule has 306 valence electrons. The van der Waals surface area contributed by atoms with Crippen LogP contribution in [0.25, 0.3) is 0 Å². The Hall–Kier alpha value is -0.130. The van der Waals surface area contributed by atoms with E-state index in [4.69, 9.17) is 9.47 Å². The molecule has 0 spiro atoms. The summed E-state index contributed by atoms with van der Waals surface area (Å²) in [5.41, 5.74) is 0. The lowest BCUT2D eigenvalue weighted by atomic mass is 9.98. The molecule has 0 radical (unpaired) electrons. The molecule has 1 unspecified atom stereocenters. The Kier molecular flexibility index (Phi) is 34.1. The minimum Gasteiger partial charge on any atom is -0.347 e. The fraction of sp³-hybridized carbons (Fsp3) is 1.00. The summed E-state index contributed by atoms with van der Waals surface area (Å²) in [5.74, 6) is -0.290. The highest BCUT2D eigenvalue weighted by atomic mass is 32.2. The van der Waals surface area contributed by atoms with Crippen molar-refractivity contribution in [2.24, 2.45) is 0 Å². The summed E-state index contributed by atoms with van der Waals surface area (Å²) in [6, 6.07) is 0. The first-order valence-electron chi connectivity index (χ1n) is 23.4. The molecule has 1 aliphatic heterocycles. The second kappa shape index (κ2) is 35.6. The summed E-state index contributed by atoms with van der Waals surface area (Å²) in [4.78, 5) is 0. The largest absolute Gasteiger partial charge is 0.347 e. The average molecular weight is 741 g/mol. The van der Waals surface area contributed by atoms with Crippen molar-refractivity contribution in [2.75, 3.05) is 18.6 Å². The topological polar surface area (TPSA) is 52.6 Å². The first-order valence-corrected chi connectivity index (χ1v) is 25.5. The predicted octanol–water partition coefficient (Wildman–Crippen LogP) is 15.4. The van der Waals surface area contributed by atoms with Crippen LogP contribution in [0, 0.1) is 0 Å². The molecule has 51 heavy (non-hydrogen) atoms. The van der Waals surface area contributed by atoms with Gasteiger partial charge in [-0.15, -0.1) is 0 Å². The predicted molar refractivity (Wildman–Crippen MR) is 225 cm³/mol. The molecule has 0 aromatic carbocycles. The lowest BCUT2D eigenvalue weighted by molar-refractivity contribution is -0.179. The van der Waals surface area contributed by atoms with E-state index >= 15 is 0 Å². The van der Waals surface area contributed by atoms with E-state index < -0.39 is 15.6 Å². The third-order valence-corrected chi connectivity index (χ3v) is 12.5. The van der Waals surface area contributed by atoms with E-state index in [1.165, 1.54) is 225 Å². The van der Waals surface area contributed by atoms with E-state index in [1.807, 2.05) is 0 Å². The molecule has 1 saturated heterocycles. The van der Waals surface area contributed by atoms with Crippen LogP contribution in [0.4, 0.5) is 0 Å². The zero-order chi connectivity index (χ0) is 37.0. The van der Waals surface area contributed by atoms with Gasteiger partial charge in [0.05, 0.1) is 18.5 Å². The van der Waals surface area contributed by atoms with Gasteiger partial charge in [-0.25, -0.2) is 8.42 Å². The lowest BCUT2D eigenvalue weighted by Crippen LogP contribution is -2.31. The number of hydrogen-bond donors (Lipinski definition) is 0. The van der Waals surface area contributed by atoms with Gasteiger partial charge >= 0.3 is 0 Å². The molecule has 5 heteroatoms. The Bertz CT molecular complexity index is 772. The van der Waals surface area contributed by atoms with Crippen LogP contribution in [0.2, 0.25) is 0 Å². The molecule has 1 aliphatic rings. The van der Waals surface area contributed by atoms with Crippen molar-refractivity contribution in [1.82, 2.24) is 0 Å². The maximum absolute atomic E-state index is 11.8. The molecule has 0 N–H and O–H groups in total. The van der Waals surface area contributed by atoms with Gasteiger partial charge in [-0.2, -0.15) is 0 Å². The zero-order valence-electron chi connectivity index (χ0n) is 35.1. The molecule has 0 aromatic heterocycles. The molecular weight excluding hydrogens is 649 g/mol. The Morgan fingerprint density at radius 3 is 0.941 bits per heavy atom. The fourth-order valence-corrected chi connectivity index (χ4v) is 8.77. The second-order valence-electron chi connectivity index (χ2n) is 16.9. The Labute approximate surface area is 321 Å². The van der Waals surface area contributed by atoms with Crippen LogP contribution in [0.3, 0.4) is 0 Å². The summed E-state index contributed by atoms with van der Waals surface area (Å²) in [5, 5.41) is 0. The van der Waals surface area contributed by atoms with E-state index in [0.717, 1.165) is 25.7 Å². The third-order valence-electron chi connectivity index (χ3n) is 11.5. The first-order chi connectivity index (χ1) is 24.9. The average Bonchev–Trinajstić information content (AvgIpc) is 3.52. The van der Waals surface area contributed by atoms with Gasteiger partial charge in [0.15, 0.2) is 5.79 Å². The fourth-order valence-electron chi connectivity index (χ4n) is 8.08. The van der Waals surface area contributed by atoms with Gasteiger partial charge in [0.25, 0.3) is 0 Å². The van der Waals surface area contributed by atoms with Gasteiger partial charge in [0, 0.05) is 19.1 Å². The highest BCUT2D eigenvalue weighted by Gasteiger charge is 2.40. The number of sulfone groups is 1. The number of rotatable bonds is 41. The number of ether oxygens (including phenoxy) is 2. The van der Waals surface area contributed by atoms with Gasteiger partial charge in [-0.05, 0) is 19.3 Å². The Morgan fingerprint density at radius 2 is 0.686 bits per heavy atom. The SMILES string of the molecule is CCCCCCCCCCCCCCCCCCCCC1(CCCCCCCCCCCCCCCCCCCC)OCC(CCS(C)(=O)=O)O1. The van der Waals surface area contributed by atoms with Crippen molar-refractivity contribution < 1.29 is 17.9 Å². The van der Waals surface area contributed by atoms with Crippen molar-refractivity contribution in [3.63, 3.8) is 0 Å². The quantitative estimate of drug-likeness (QED) is 0.0586. The van der Waals surface area contributed by atoms with Crippen LogP contribution in [0.1, 0.15) is 264 Å². The van der Waals surface area contributed by atoms with Crippen molar-refractivity contribution in [1.29, 1.82) is 0 Å². The standard InChI is InChI=1S/C46H92O4S/c1-4-6-8-10-12-14-16-18-20-22-24-26-28-30-32-34-36-38-41-46(49-44-45(50-46)40-43-51(3,47)48)42-39-37-35-33-31-29-27-25-23-21-19-17-15-13-11-9-7-5-2/h45H,4-44H2,1-3H3. The molecule has 0 aromatic rings. The first kappa shape index (κ1) is 48.9. The van der Waals surface area contributed by atoms with Gasteiger partial charge in [0.2, 0.25) is 0 Å². The maximum atomic E-state index is 11.8. The minimum absolute atomic E-state index is 0.0779. The summed E-state index contributed by atoms with van der Waals surface area (Å²) in [7, 11) is -2.98. The molecule has 1 atom stereocenters. The van der Waals surface area contributed by atoms with E-state index in [-0.39, 0.29) is 11.9 Å². The van der Waals surface area contributed by atoms with Gasteiger partial charge in [0.1, 0.15) is 9.84 Å². The minimum atomic E-state index is -2.98. The molecule has 4 nitrogen and oxygen atoms in total. The van der Waals surface area contributed by atoms with Gasteiger partial charge < -0.3 is 9.47 Å². The van der Waals surface area contributed by atoms with E-state index in [9.17, 15) is 8.42 Å². The molecule has 1 heterocycles. The van der Waals surface area contributed by atoms with Crippen LogP contribution >= 0.6 is 0 Å². The highest BCUT2D eigenvalue weighted by molar-refractivity contribution is 7.90. The van der Waals surface area contributed by atoms with Crippen LogP contribution in [0.15, 0.2) is 0 Å². The number of hydrogen-bond acceptors (Lipinski definition) is 4. The van der Waals surface area contributed by atoms with Gasteiger partial charge in [-0.1, -0.05) is 232 Å². The van der Waals surface area contributed by atoms with Crippen molar-refractivity contribution >= 4 is 9.84 Å². The monoisotopic (exact) mass is 741 g/mol. The van der Waals surface area contributed by atoms with Crippen LogP contribution in [0.5, 0.6) is 0 Å². The summed E-state index contributed by atoms with van der Waals surface area (Å²) < 4.78 is 36.4. The Balaban J connectivity index is 2.08. The molecule has 1 rings (SSSR count). The smallest absolute Gasteiger partial charge is 0.168 e. The highest BCUT2D eigenvalue weighted by Crippen LogP contribution is 2.36. The molecule has 0 saturated carbocycles. The third kappa shape index (κ3) is 33.0. The van der Waals surface area contributed by atoms with E-state index in [2.05, 4.69) is 13.8 Å². The van der Waals surface area contributed by atoms with Crippen LogP contribution < -0.4 is 0 Å². The normalized spacial score (nSPS) is 16.0. The molecule has 1 fully saturated rings. The molecule has 0 bridgehead atoms. The second-order valence-corrected chi connectivity index (χ2v) is 19.2. The Morgan fingerprint density at radius 1 is 0.431 bits per heavy atom. The maximum Gasteiger partial charge on any atom is 0.168 e. The van der Waals surface area contributed by atoms with E-state index in [0.29, 0.717) is 13.0 Å². The summed E-state index contributed by atoms with van der Waals surface area (Å²) >= 11 is 0. The molecule has 0 aliphatic carbocycles. The zero-order valence-corrected chi connectivity index (χ0v) is 35.9. The van der Waals surface area contributed by atoms with Gasteiger partial charge in [-0.3, -0.25) is 0 Å². The molecular formula is C46H92O4S. The van der Waals surface area contributed by atoms with Crippen LogP contribution in [-0.2, 0) is 19.3 Å². The summed E-state index contributed by atoms with van der Waals surface area (Å²) in [6.45, 7) is 5.14. The molecule has 0 amide bonds. The van der Waals surface area contributed by atoms with E-state index in [1.54, 1.807) is 0 Å². The lowest BCUT2D eigenvalue weighted by Gasteiger charge is -2.28. The summed E-state index contributed by atoms with van der Waals surface area (Å²) in [6.07, 6.45) is 53.7. The van der Waals surface area contributed by atoms with Crippen molar-refractivity contribution in [3.8, 4) is 0 Å².